The third kappa shape index (κ3) is 0.864. The summed E-state index contributed by atoms with van der Waals surface area (Å²) in [6.07, 6.45) is 1.27. The van der Waals surface area contributed by atoms with Crippen molar-refractivity contribution in [3.05, 3.63) is 0 Å². The second-order valence-corrected chi connectivity index (χ2v) is 3.31. The summed E-state index contributed by atoms with van der Waals surface area (Å²) in [4.78, 5) is 2.25. The molecule has 2 N–H and O–H groups in total. The highest BCUT2D eigenvalue weighted by molar-refractivity contribution is 5.08. The Hall–Kier alpha value is -0.0800. The van der Waals surface area contributed by atoms with Crippen molar-refractivity contribution in [1.82, 2.24) is 4.90 Å². The summed E-state index contributed by atoms with van der Waals surface area (Å²) in [5.41, 5.74) is 5.98. The topological polar surface area (TPSA) is 29.3 Å². The third-order valence-corrected chi connectivity index (χ3v) is 2.66. The molecular formula is C7H16N2. The van der Waals surface area contributed by atoms with Crippen LogP contribution in [-0.4, -0.2) is 31.1 Å². The predicted octanol–water partition coefficient (Wildman–Crippen LogP) is 0.285. The molecule has 1 aliphatic rings. The first-order valence-electron chi connectivity index (χ1n) is 3.51. The van der Waals surface area contributed by atoms with Crippen LogP contribution in [0.5, 0.6) is 0 Å². The Balaban J connectivity index is 2.52. The zero-order valence-corrected chi connectivity index (χ0v) is 6.52. The van der Waals surface area contributed by atoms with Crippen LogP contribution in [0.1, 0.15) is 13.3 Å². The lowest BCUT2D eigenvalue weighted by Gasteiger charge is -2.22. The number of likely N-dealkylation sites (N-methyl/N-ethyl adjacent to an activating group) is 1. The number of hydrogen-bond donors (Lipinski definition) is 1. The van der Waals surface area contributed by atoms with Crippen molar-refractivity contribution in [2.45, 2.75) is 18.9 Å². The van der Waals surface area contributed by atoms with Gasteiger partial charge >= 0.3 is 0 Å². The van der Waals surface area contributed by atoms with Gasteiger partial charge in [0.1, 0.15) is 0 Å². The maximum Gasteiger partial charge on any atom is 0.0355 e. The lowest BCUT2D eigenvalue weighted by molar-refractivity contribution is 0.260. The van der Waals surface area contributed by atoms with Crippen LogP contribution in [0.4, 0.5) is 0 Å². The van der Waals surface area contributed by atoms with E-state index in [1.54, 1.807) is 0 Å². The van der Waals surface area contributed by atoms with Gasteiger partial charge < -0.3 is 10.6 Å². The minimum absolute atomic E-state index is 0.361. The number of hydrogen-bond acceptors (Lipinski definition) is 2. The summed E-state index contributed by atoms with van der Waals surface area (Å²) >= 11 is 0. The standard InChI is InChI=1S/C7H16N2/c1-6-4-7(6,5-8)9(2)3/h6H,4-5,8H2,1-3H3. The zero-order valence-electron chi connectivity index (χ0n) is 6.52. The molecule has 2 heteroatoms. The monoisotopic (exact) mass is 128 g/mol. The Labute approximate surface area is 57.0 Å². The van der Waals surface area contributed by atoms with Gasteiger partial charge in [-0.3, -0.25) is 0 Å². The molecule has 1 rings (SSSR count). The van der Waals surface area contributed by atoms with Gasteiger partial charge in [-0.15, -0.1) is 0 Å². The molecule has 9 heavy (non-hydrogen) atoms. The van der Waals surface area contributed by atoms with Gasteiger partial charge in [-0.05, 0) is 26.4 Å². The van der Waals surface area contributed by atoms with E-state index in [1.807, 2.05) is 0 Å². The fourth-order valence-electron chi connectivity index (χ4n) is 1.56. The molecule has 0 spiro atoms. The van der Waals surface area contributed by atoms with Gasteiger partial charge in [-0.25, -0.2) is 0 Å². The van der Waals surface area contributed by atoms with Crippen LogP contribution < -0.4 is 5.73 Å². The van der Waals surface area contributed by atoms with Crippen molar-refractivity contribution < 1.29 is 0 Å². The second kappa shape index (κ2) is 1.96. The quantitative estimate of drug-likeness (QED) is 0.579. The molecule has 0 radical (unpaired) electrons. The zero-order chi connectivity index (χ0) is 7.07. The van der Waals surface area contributed by atoms with Gasteiger partial charge in [0.2, 0.25) is 0 Å². The largest absolute Gasteiger partial charge is 0.329 e. The molecule has 2 unspecified atom stereocenters. The van der Waals surface area contributed by atoms with E-state index >= 15 is 0 Å². The van der Waals surface area contributed by atoms with Crippen LogP contribution in [0.15, 0.2) is 0 Å². The molecule has 0 saturated heterocycles. The van der Waals surface area contributed by atoms with E-state index in [0.717, 1.165) is 12.5 Å². The summed E-state index contributed by atoms with van der Waals surface area (Å²) in [5, 5.41) is 0. The van der Waals surface area contributed by atoms with Gasteiger partial charge in [-0.1, -0.05) is 6.92 Å². The fraction of sp³-hybridized carbons (Fsp3) is 1.00. The van der Waals surface area contributed by atoms with Crippen LogP contribution >= 0.6 is 0 Å². The van der Waals surface area contributed by atoms with Crippen LogP contribution in [0.25, 0.3) is 0 Å². The van der Waals surface area contributed by atoms with Crippen LogP contribution in [0, 0.1) is 5.92 Å². The van der Waals surface area contributed by atoms with Gasteiger partial charge in [0.05, 0.1) is 0 Å². The highest BCUT2D eigenvalue weighted by Crippen LogP contribution is 2.45. The van der Waals surface area contributed by atoms with E-state index in [-0.39, 0.29) is 0 Å². The molecule has 0 aromatic rings. The molecule has 0 aromatic heterocycles. The minimum atomic E-state index is 0.361. The Morgan fingerprint density at radius 3 is 2.11 bits per heavy atom. The first-order valence-corrected chi connectivity index (χ1v) is 3.51. The van der Waals surface area contributed by atoms with E-state index in [0.29, 0.717) is 5.54 Å². The van der Waals surface area contributed by atoms with Crippen molar-refractivity contribution >= 4 is 0 Å². The molecule has 54 valence electrons. The second-order valence-electron chi connectivity index (χ2n) is 3.31. The number of nitrogens with two attached hydrogens (primary N) is 1. The molecular weight excluding hydrogens is 112 g/mol. The van der Waals surface area contributed by atoms with Crippen molar-refractivity contribution in [2.24, 2.45) is 11.7 Å². The summed E-state index contributed by atoms with van der Waals surface area (Å²) in [5.74, 6) is 0.803. The van der Waals surface area contributed by atoms with Crippen LogP contribution in [0.3, 0.4) is 0 Å². The highest BCUT2D eigenvalue weighted by atomic mass is 15.2. The summed E-state index contributed by atoms with van der Waals surface area (Å²) in [6, 6.07) is 0. The molecule has 0 amide bonds. The molecule has 2 atom stereocenters. The molecule has 0 bridgehead atoms. The first kappa shape index (κ1) is 7.03. The molecule has 2 nitrogen and oxygen atoms in total. The lowest BCUT2D eigenvalue weighted by atomic mass is 10.2. The Morgan fingerprint density at radius 1 is 1.67 bits per heavy atom. The third-order valence-electron chi connectivity index (χ3n) is 2.66. The normalized spacial score (nSPS) is 41.7. The Morgan fingerprint density at radius 2 is 2.11 bits per heavy atom. The highest BCUT2D eigenvalue weighted by Gasteiger charge is 2.51. The van der Waals surface area contributed by atoms with Gasteiger partial charge in [-0.2, -0.15) is 0 Å². The van der Waals surface area contributed by atoms with Crippen molar-refractivity contribution in [3.63, 3.8) is 0 Å². The molecule has 1 fully saturated rings. The van der Waals surface area contributed by atoms with E-state index in [4.69, 9.17) is 5.73 Å². The first-order chi connectivity index (χ1) is 4.13. The predicted molar refractivity (Wildman–Crippen MR) is 39.3 cm³/mol. The Bertz CT molecular complexity index is 107. The maximum absolute atomic E-state index is 5.62. The summed E-state index contributed by atoms with van der Waals surface area (Å²) in [7, 11) is 4.22. The Kier molecular flexibility index (Phi) is 1.53. The maximum atomic E-state index is 5.62. The lowest BCUT2D eigenvalue weighted by Crippen LogP contribution is -2.39. The SMILES string of the molecule is CC1CC1(CN)N(C)C. The molecule has 1 saturated carbocycles. The van der Waals surface area contributed by atoms with E-state index in [9.17, 15) is 0 Å². The molecule has 1 aliphatic carbocycles. The van der Waals surface area contributed by atoms with E-state index < -0.39 is 0 Å². The van der Waals surface area contributed by atoms with Gasteiger partial charge in [0.25, 0.3) is 0 Å². The van der Waals surface area contributed by atoms with E-state index in [1.165, 1.54) is 6.42 Å². The average molecular weight is 128 g/mol. The van der Waals surface area contributed by atoms with Gasteiger partial charge in [0.15, 0.2) is 0 Å². The van der Waals surface area contributed by atoms with Gasteiger partial charge in [0, 0.05) is 12.1 Å². The van der Waals surface area contributed by atoms with Crippen LogP contribution in [-0.2, 0) is 0 Å². The average Bonchev–Trinajstić information content (AvgIpc) is 2.43. The molecule has 0 heterocycles. The smallest absolute Gasteiger partial charge is 0.0355 e. The van der Waals surface area contributed by atoms with Crippen LogP contribution in [0.2, 0.25) is 0 Å². The molecule has 0 aliphatic heterocycles. The van der Waals surface area contributed by atoms with E-state index in [2.05, 4.69) is 25.9 Å². The fourth-order valence-corrected chi connectivity index (χ4v) is 1.56. The minimum Gasteiger partial charge on any atom is -0.329 e. The summed E-state index contributed by atoms with van der Waals surface area (Å²) < 4.78 is 0. The number of nitrogens with zero attached hydrogens (tertiary/aromatic N) is 1. The van der Waals surface area contributed by atoms with Crippen molar-refractivity contribution in [2.75, 3.05) is 20.6 Å². The summed E-state index contributed by atoms with van der Waals surface area (Å²) in [6.45, 7) is 3.06. The number of rotatable bonds is 2. The van der Waals surface area contributed by atoms with Crippen molar-refractivity contribution in [3.8, 4) is 0 Å². The van der Waals surface area contributed by atoms with Crippen molar-refractivity contribution in [1.29, 1.82) is 0 Å². The molecule has 0 aromatic carbocycles.